The van der Waals surface area contributed by atoms with Crippen LogP contribution >= 0.6 is 0 Å². The van der Waals surface area contributed by atoms with E-state index >= 15 is 0 Å². The van der Waals surface area contributed by atoms with Crippen LogP contribution in [0.5, 0.6) is 11.5 Å². The number of carbonyl (C=O) groups is 1. The summed E-state index contributed by atoms with van der Waals surface area (Å²) >= 11 is 0. The predicted octanol–water partition coefficient (Wildman–Crippen LogP) is 2.55. The number of aryl methyl sites for hydroxylation is 1. The quantitative estimate of drug-likeness (QED) is 0.783. The second-order valence-corrected chi connectivity index (χ2v) is 5.94. The Bertz CT molecular complexity index is 817. The molecule has 1 unspecified atom stereocenters. The van der Waals surface area contributed by atoms with Crippen molar-refractivity contribution in [2.24, 2.45) is 0 Å². The van der Waals surface area contributed by atoms with Gasteiger partial charge >= 0.3 is 0 Å². The molecule has 1 N–H and O–H groups in total. The zero-order chi connectivity index (χ0) is 19.1. The molecule has 0 aliphatic rings. The minimum absolute atomic E-state index is 0.208. The van der Waals surface area contributed by atoms with E-state index in [4.69, 9.17) is 9.47 Å². The van der Waals surface area contributed by atoms with E-state index in [2.05, 4.69) is 10.4 Å². The average Bonchev–Trinajstić information content (AvgIpc) is 2.66. The van der Waals surface area contributed by atoms with Crippen LogP contribution < -0.4 is 20.3 Å². The summed E-state index contributed by atoms with van der Waals surface area (Å²) in [5, 5.41) is 7.06. The second-order valence-electron chi connectivity index (χ2n) is 5.94. The number of ether oxygens (including phenoxy) is 2. The molecule has 0 saturated heterocycles. The van der Waals surface area contributed by atoms with Crippen LogP contribution in [0.15, 0.2) is 35.1 Å². The van der Waals surface area contributed by atoms with E-state index in [-0.39, 0.29) is 23.2 Å². The number of nitrogens with one attached hydrogen (secondary N) is 1. The first-order valence-electron chi connectivity index (χ1n) is 8.61. The third-order valence-corrected chi connectivity index (χ3v) is 4.08. The van der Waals surface area contributed by atoms with Crippen molar-refractivity contribution < 1.29 is 14.3 Å². The van der Waals surface area contributed by atoms with Gasteiger partial charge in [-0.05, 0) is 31.5 Å². The van der Waals surface area contributed by atoms with Gasteiger partial charge in [-0.3, -0.25) is 9.59 Å². The average molecular weight is 359 g/mol. The maximum absolute atomic E-state index is 12.5. The Labute approximate surface area is 152 Å². The molecule has 1 atom stereocenters. The van der Waals surface area contributed by atoms with Gasteiger partial charge in [-0.2, -0.15) is 5.10 Å². The van der Waals surface area contributed by atoms with Crippen molar-refractivity contribution in [2.45, 2.75) is 39.3 Å². The van der Waals surface area contributed by atoms with Crippen LogP contribution in [0.4, 0.5) is 0 Å². The maximum atomic E-state index is 12.5. The van der Waals surface area contributed by atoms with Gasteiger partial charge in [-0.25, -0.2) is 4.68 Å². The van der Waals surface area contributed by atoms with Crippen LogP contribution in [-0.2, 0) is 6.54 Å². The Morgan fingerprint density at radius 1 is 1.23 bits per heavy atom. The molecule has 0 aliphatic carbocycles. The van der Waals surface area contributed by atoms with E-state index in [0.29, 0.717) is 18.0 Å². The summed E-state index contributed by atoms with van der Waals surface area (Å²) in [7, 11) is 3.15. The fourth-order valence-electron chi connectivity index (χ4n) is 2.56. The molecule has 1 amide bonds. The zero-order valence-corrected chi connectivity index (χ0v) is 15.6. The van der Waals surface area contributed by atoms with Crippen molar-refractivity contribution in [3.05, 3.63) is 51.9 Å². The highest BCUT2D eigenvalue weighted by Gasteiger charge is 2.17. The van der Waals surface area contributed by atoms with E-state index in [1.54, 1.807) is 20.3 Å². The SMILES string of the molecule is CCCCn1nc(C(=O)NC(C)c2ccc(OC)cc2OC)ccc1=O. The van der Waals surface area contributed by atoms with Crippen LogP contribution in [0.3, 0.4) is 0 Å². The number of methoxy groups -OCH3 is 2. The molecule has 2 aromatic rings. The first-order chi connectivity index (χ1) is 12.5. The molecular formula is C19H25N3O4. The van der Waals surface area contributed by atoms with Crippen LogP contribution in [0, 0.1) is 0 Å². The number of amides is 1. The summed E-state index contributed by atoms with van der Waals surface area (Å²) in [6.45, 7) is 4.39. The number of unbranched alkanes of at least 4 members (excludes halogenated alkanes) is 1. The molecule has 7 nitrogen and oxygen atoms in total. The lowest BCUT2D eigenvalue weighted by molar-refractivity contribution is 0.0931. The van der Waals surface area contributed by atoms with E-state index < -0.39 is 0 Å². The standard InChI is InChI=1S/C19H25N3O4/c1-5-6-11-22-18(23)10-9-16(21-22)19(24)20-13(2)15-8-7-14(25-3)12-17(15)26-4/h7-10,12-13H,5-6,11H2,1-4H3,(H,20,24). The van der Waals surface area contributed by atoms with Crippen molar-refractivity contribution in [3.63, 3.8) is 0 Å². The summed E-state index contributed by atoms with van der Waals surface area (Å²) in [4.78, 5) is 24.4. The highest BCUT2D eigenvalue weighted by molar-refractivity contribution is 5.92. The second kappa shape index (κ2) is 9.03. The largest absolute Gasteiger partial charge is 0.497 e. The van der Waals surface area contributed by atoms with E-state index in [1.807, 2.05) is 26.0 Å². The number of carbonyl (C=O) groups excluding carboxylic acids is 1. The summed E-state index contributed by atoms with van der Waals surface area (Å²) in [5.41, 5.74) is 0.820. The molecule has 2 rings (SSSR count). The van der Waals surface area contributed by atoms with E-state index in [1.165, 1.54) is 16.8 Å². The lowest BCUT2D eigenvalue weighted by atomic mass is 10.1. The van der Waals surface area contributed by atoms with Crippen LogP contribution in [0.1, 0.15) is 48.8 Å². The fraction of sp³-hybridized carbons (Fsp3) is 0.421. The van der Waals surface area contributed by atoms with Gasteiger partial charge in [-0.1, -0.05) is 13.3 Å². The topological polar surface area (TPSA) is 82.5 Å². The minimum atomic E-state index is -0.347. The van der Waals surface area contributed by atoms with Gasteiger partial charge < -0.3 is 14.8 Å². The molecule has 0 aliphatic heterocycles. The van der Waals surface area contributed by atoms with Crippen LogP contribution in [0.2, 0.25) is 0 Å². The normalized spacial score (nSPS) is 11.7. The Morgan fingerprint density at radius 3 is 2.65 bits per heavy atom. The van der Waals surface area contributed by atoms with Crippen molar-refractivity contribution in [1.29, 1.82) is 0 Å². The maximum Gasteiger partial charge on any atom is 0.272 e. The highest BCUT2D eigenvalue weighted by Crippen LogP contribution is 2.29. The number of hydrogen-bond donors (Lipinski definition) is 1. The number of aromatic nitrogens is 2. The summed E-state index contributed by atoms with van der Waals surface area (Å²) < 4.78 is 11.9. The monoisotopic (exact) mass is 359 g/mol. The van der Waals surface area contributed by atoms with Crippen molar-refractivity contribution in [3.8, 4) is 11.5 Å². The molecule has 1 heterocycles. The number of nitrogens with zero attached hydrogens (tertiary/aromatic N) is 2. The Hall–Kier alpha value is -2.83. The predicted molar refractivity (Wildman–Crippen MR) is 98.8 cm³/mol. The lowest BCUT2D eigenvalue weighted by Crippen LogP contribution is -2.31. The van der Waals surface area contributed by atoms with Gasteiger partial charge in [0.15, 0.2) is 0 Å². The van der Waals surface area contributed by atoms with Gasteiger partial charge in [0.25, 0.3) is 11.5 Å². The molecular weight excluding hydrogens is 334 g/mol. The third-order valence-electron chi connectivity index (χ3n) is 4.08. The third kappa shape index (κ3) is 4.62. The molecule has 26 heavy (non-hydrogen) atoms. The highest BCUT2D eigenvalue weighted by atomic mass is 16.5. The molecule has 0 bridgehead atoms. The van der Waals surface area contributed by atoms with E-state index in [9.17, 15) is 9.59 Å². The number of benzene rings is 1. The Balaban J connectivity index is 2.18. The first-order valence-corrected chi connectivity index (χ1v) is 8.61. The molecule has 1 aromatic carbocycles. The zero-order valence-electron chi connectivity index (χ0n) is 15.6. The van der Waals surface area contributed by atoms with Gasteiger partial charge in [0, 0.05) is 24.2 Å². The van der Waals surface area contributed by atoms with Gasteiger partial charge in [0.2, 0.25) is 0 Å². The molecule has 7 heteroatoms. The number of rotatable bonds is 8. The molecule has 140 valence electrons. The summed E-state index contributed by atoms with van der Waals surface area (Å²) in [6, 6.07) is 7.93. The molecule has 0 fully saturated rings. The Morgan fingerprint density at radius 2 is 2.00 bits per heavy atom. The van der Waals surface area contributed by atoms with Crippen molar-refractivity contribution in [2.75, 3.05) is 14.2 Å². The van der Waals surface area contributed by atoms with Crippen LogP contribution in [-0.4, -0.2) is 29.9 Å². The summed E-state index contributed by atoms with van der Waals surface area (Å²) in [5.74, 6) is 0.951. The van der Waals surface area contributed by atoms with Crippen molar-refractivity contribution >= 4 is 5.91 Å². The van der Waals surface area contributed by atoms with Crippen molar-refractivity contribution in [1.82, 2.24) is 15.1 Å². The Kier molecular flexibility index (Phi) is 6.77. The molecule has 0 saturated carbocycles. The fourth-order valence-corrected chi connectivity index (χ4v) is 2.56. The first kappa shape index (κ1) is 19.5. The van der Waals surface area contributed by atoms with Gasteiger partial charge in [-0.15, -0.1) is 0 Å². The smallest absolute Gasteiger partial charge is 0.272 e. The summed E-state index contributed by atoms with van der Waals surface area (Å²) in [6.07, 6.45) is 1.77. The number of hydrogen-bond acceptors (Lipinski definition) is 5. The lowest BCUT2D eigenvalue weighted by Gasteiger charge is -2.18. The molecule has 0 radical (unpaired) electrons. The molecule has 0 spiro atoms. The van der Waals surface area contributed by atoms with Gasteiger partial charge in [0.05, 0.1) is 20.3 Å². The van der Waals surface area contributed by atoms with E-state index in [0.717, 1.165) is 18.4 Å². The van der Waals surface area contributed by atoms with Crippen LogP contribution in [0.25, 0.3) is 0 Å². The molecule has 1 aromatic heterocycles. The van der Waals surface area contributed by atoms with Gasteiger partial charge in [0.1, 0.15) is 17.2 Å². The minimum Gasteiger partial charge on any atom is -0.497 e.